The maximum Gasteiger partial charge on any atom is 0.287 e. The monoisotopic (exact) mass is 478 g/mol. The first-order valence-corrected chi connectivity index (χ1v) is 12.1. The van der Waals surface area contributed by atoms with Gasteiger partial charge in [-0.3, -0.25) is 9.78 Å². The number of nitrogens with one attached hydrogen (secondary N) is 1. The van der Waals surface area contributed by atoms with E-state index in [4.69, 9.17) is 4.42 Å². The number of amides is 1. The van der Waals surface area contributed by atoms with Crippen molar-refractivity contribution in [1.29, 1.82) is 0 Å². The van der Waals surface area contributed by atoms with Gasteiger partial charge in [-0.15, -0.1) is 10.2 Å². The van der Waals surface area contributed by atoms with Crippen LogP contribution in [0.4, 0.5) is 0 Å². The molecule has 0 bridgehead atoms. The van der Waals surface area contributed by atoms with Crippen molar-refractivity contribution in [2.75, 3.05) is 0 Å². The molecule has 1 N–H and O–H groups in total. The smallest absolute Gasteiger partial charge is 0.287 e. The molecule has 172 valence electrons. The first kappa shape index (κ1) is 22.6. The van der Waals surface area contributed by atoms with Crippen LogP contribution in [-0.2, 0) is 12.3 Å². The highest BCUT2D eigenvalue weighted by Gasteiger charge is 2.12. The molecule has 2 aromatic carbocycles. The van der Waals surface area contributed by atoms with Crippen LogP contribution in [-0.4, -0.2) is 21.1 Å². The first-order valence-electron chi connectivity index (χ1n) is 11.1. The van der Waals surface area contributed by atoms with Gasteiger partial charge in [0.15, 0.2) is 5.76 Å². The van der Waals surface area contributed by atoms with Gasteiger partial charge < -0.3 is 9.73 Å². The molecule has 0 radical (unpaired) electrons. The molecule has 7 heteroatoms. The summed E-state index contributed by atoms with van der Waals surface area (Å²) in [5, 5.41) is 12.4. The molecular formula is C28H22N4O2S. The zero-order valence-corrected chi connectivity index (χ0v) is 19.6. The predicted molar refractivity (Wildman–Crippen MR) is 137 cm³/mol. The summed E-state index contributed by atoms with van der Waals surface area (Å²) in [6.07, 6.45) is 3.39. The molecule has 3 aromatic heterocycles. The Bertz CT molecular complexity index is 1390. The van der Waals surface area contributed by atoms with Gasteiger partial charge in [0.25, 0.3) is 5.91 Å². The van der Waals surface area contributed by atoms with Gasteiger partial charge >= 0.3 is 0 Å². The lowest BCUT2D eigenvalue weighted by molar-refractivity contribution is 0.0921. The largest absolute Gasteiger partial charge is 0.455 e. The summed E-state index contributed by atoms with van der Waals surface area (Å²) >= 11 is 1.51. The number of rotatable bonds is 8. The molecular weight excluding hydrogens is 456 g/mol. The van der Waals surface area contributed by atoms with Gasteiger partial charge in [-0.05, 0) is 53.1 Å². The molecule has 0 unspecified atom stereocenters. The SMILES string of the molecule is O=C(NCc1ccncc1)c1ccc(CSc2ccc(-c3ccc(-c4ccccc4)cc3)nn2)o1. The molecule has 0 atom stereocenters. The van der Waals surface area contributed by atoms with E-state index in [1.165, 1.54) is 22.9 Å². The number of carbonyl (C=O) groups excluding carboxylic acids is 1. The van der Waals surface area contributed by atoms with E-state index in [0.717, 1.165) is 21.8 Å². The van der Waals surface area contributed by atoms with Gasteiger partial charge in [0.05, 0.1) is 11.4 Å². The number of benzene rings is 2. The third-order valence-corrected chi connectivity index (χ3v) is 6.32. The number of hydrogen-bond donors (Lipinski definition) is 1. The third kappa shape index (κ3) is 5.83. The molecule has 3 heterocycles. The minimum absolute atomic E-state index is 0.250. The summed E-state index contributed by atoms with van der Waals surface area (Å²) in [7, 11) is 0. The van der Waals surface area contributed by atoms with Crippen LogP contribution in [0, 0.1) is 0 Å². The number of pyridine rings is 1. The number of nitrogens with zero attached hydrogens (tertiary/aromatic N) is 3. The molecule has 0 saturated carbocycles. The second kappa shape index (κ2) is 10.8. The fourth-order valence-electron chi connectivity index (χ4n) is 3.51. The van der Waals surface area contributed by atoms with Gasteiger partial charge in [0, 0.05) is 24.5 Å². The summed E-state index contributed by atoms with van der Waals surface area (Å²) in [6, 6.07) is 29.7. The van der Waals surface area contributed by atoms with Crippen molar-refractivity contribution in [2.45, 2.75) is 17.3 Å². The highest BCUT2D eigenvalue weighted by Crippen LogP contribution is 2.26. The van der Waals surface area contributed by atoms with Crippen LogP contribution in [0.25, 0.3) is 22.4 Å². The summed E-state index contributed by atoms with van der Waals surface area (Å²) < 4.78 is 5.70. The lowest BCUT2D eigenvalue weighted by Gasteiger charge is -2.05. The molecule has 1 amide bonds. The lowest BCUT2D eigenvalue weighted by atomic mass is 10.0. The second-order valence-corrected chi connectivity index (χ2v) is 8.79. The number of aromatic nitrogens is 3. The molecule has 0 aliphatic carbocycles. The maximum absolute atomic E-state index is 12.3. The predicted octanol–water partition coefficient (Wildman–Crippen LogP) is 6.02. The topological polar surface area (TPSA) is 80.9 Å². The normalized spacial score (nSPS) is 10.7. The quantitative estimate of drug-likeness (QED) is 0.275. The molecule has 0 saturated heterocycles. The fourth-order valence-corrected chi connectivity index (χ4v) is 4.22. The molecule has 5 aromatic rings. The van der Waals surface area contributed by atoms with Crippen LogP contribution < -0.4 is 5.32 Å². The standard InChI is InChI=1S/C28H22N4O2S/c33-28(30-18-20-14-16-29-17-15-20)26-12-10-24(34-26)19-35-27-13-11-25(31-32-27)23-8-6-22(7-9-23)21-4-2-1-3-5-21/h1-17H,18-19H2,(H,30,33). The van der Waals surface area contributed by atoms with Gasteiger partial charge in [-0.2, -0.15) is 0 Å². The maximum atomic E-state index is 12.3. The Morgan fingerprint density at radius 1 is 0.771 bits per heavy atom. The Morgan fingerprint density at radius 3 is 2.26 bits per heavy atom. The summed E-state index contributed by atoms with van der Waals surface area (Å²) in [5.74, 6) is 1.29. The van der Waals surface area contributed by atoms with Crippen LogP contribution in [0.2, 0.25) is 0 Å². The summed E-state index contributed by atoms with van der Waals surface area (Å²) in [4.78, 5) is 16.3. The number of carbonyl (C=O) groups is 1. The van der Waals surface area contributed by atoms with Crippen molar-refractivity contribution < 1.29 is 9.21 Å². The van der Waals surface area contributed by atoms with Crippen LogP contribution in [0.3, 0.4) is 0 Å². The number of hydrogen-bond acceptors (Lipinski definition) is 6. The van der Waals surface area contributed by atoms with Gasteiger partial charge in [0.1, 0.15) is 10.8 Å². The third-order valence-electron chi connectivity index (χ3n) is 5.38. The first-order chi connectivity index (χ1) is 17.2. The minimum atomic E-state index is -0.250. The fraction of sp³-hybridized carbons (Fsp3) is 0.0714. The van der Waals surface area contributed by atoms with E-state index in [0.29, 0.717) is 18.1 Å². The van der Waals surface area contributed by atoms with Crippen molar-refractivity contribution >= 4 is 17.7 Å². The Labute approximate surface area is 207 Å². The van der Waals surface area contributed by atoms with E-state index >= 15 is 0 Å². The van der Waals surface area contributed by atoms with Crippen molar-refractivity contribution in [3.05, 3.63) is 120 Å². The average molecular weight is 479 g/mol. The zero-order valence-electron chi connectivity index (χ0n) is 18.8. The highest BCUT2D eigenvalue weighted by atomic mass is 32.2. The van der Waals surface area contributed by atoms with Crippen LogP contribution >= 0.6 is 11.8 Å². The van der Waals surface area contributed by atoms with E-state index in [1.54, 1.807) is 18.5 Å². The Hall–Kier alpha value is -4.23. The molecule has 0 fully saturated rings. The molecule has 0 aliphatic heterocycles. The number of thioether (sulfide) groups is 1. The van der Waals surface area contributed by atoms with E-state index in [1.807, 2.05) is 48.5 Å². The lowest BCUT2D eigenvalue weighted by Crippen LogP contribution is -2.22. The van der Waals surface area contributed by atoms with E-state index in [2.05, 4.69) is 56.9 Å². The zero-order chi connectivity index (χ0) is 23.9. The molecule has 0 spiro atoms. The van der Waals surface area contributed by atoms with Gasteiger partial charge in [-0.1, -0.05) is 66.4 Å². The van der Waals surface area contributed by atoms with Crippen LogP contribution in [0.15, 0.2) is 113 Å². The van der Waals surface area contributed by atoms with Crippen molar-refractivity contribution in [2.24, 2.45) is 0 Å². The molecule has 0 aliphatic rings. The Morgan fingerprint density at radius 2 is 1.51 bits per heavy atom. The van der Waals surface area contributed by atoms with E-state index in [-0.39, 0.29) is 11.7 Å². The molecule has 5 rings (SSSR count). The number of furan rings is 1. The van der Waals surface area contributed by atoms with E-state index in [9.17, 15) is 4.79 Å². The second-order valence-electron chi connectivity index (χ2n) is 7.79. The van der Waals surface area contributed by atoms with Gasteiger partial charge in [0.2, 0.25) is 0 Å². The Kier molecular flexibility index (Phi) is 6.96. The Balaban J connectivity index is 1.15. The van der Waals surface area contributed by atoms with Gasteiger partial charge in [-0.25, -0.2) is 0 Å². The average Bonchev–Trinajstić information content (AvgIpc) is 3.41. The highest BCUT2D eigenvalue weighted by molar-refractivity contribution is 7.98. The van der Waals surface area contributed by atoms with Crippen molar-refractivity contribution in [3.63, 3.8) is 0 Å². The summed E-state index contributed by atoms with van der Waals surface area (Å²) in [6.45, 7) is 0.420. The van der Waals surface area contributed by atoms with Crippen molar-refractivity contribution in [1.82, 2.24) is 20.5 Å². The van der Waals surface area contributed by atoms with Crippen molar-refractivity contribution in [3.8, 4) is 22.4 Å². The minimum Gasteiger partial charge on any atom is -0.455 e. The molecule has 35 heavy (non-hydrogen) atoms. The van der Waals surface area contributed by atoms with E-state index < -0.39 is 0 Å². The summed E-state index contributed by atoms with van der Waals surface area (Å²) in [5.41, 5.74) is 5.16. The molecule has 6 nitrogen and oxygen atoms in total. The van der Waals surface area contributed by atoms with Crippen LogP contribution in [0.1, 0.15) is 21.9 Å². The van der Waals surface area contributed by atoms with Crippen LogP contribution in [0.5, 0.6) is 0 Å².